The van der Waals surface area contributed by atoms with Gasteiger partial charge in [-0.05, 0) is 18.1 Å². The summed E-state index contributed by atoms with van der Waals surface area (Å²) >= 11 is 0. The predicted octanol–water partition coefficient (Wildman–Crippen LogP) is 2.76. The van der Waals surface area contributed by atoms with Gasteiger partial charge in [-0.2, -0.15) is 0 Å². The first-order chi connectivity index (χ1) is 8.59. The average Bonchev–Trinajstić information content (AvgIpc) is 2.35. The second-order valence-corrected chi connectivity index (χ2v) is 4.58. The predicted molar refractivity (Wildman–Crippen MR) is 71.6 cm³/mol. The SMILES string of the molecule is CC(C)[C@H](Nc1ccnc2ccccc12)C(=O)O. The first-order valence-electron chi connectivity index (χ1n) is 5.92. The smallest absolute Gasteiger partial charge is 0.326 e. The van der Waals surface area contributed by atoms with Gasteiger partial charge in [-0.1, -0.05) is 32.0 Å². The summed E-state index contributed by atoms with van der Waals surface area (Å²) in [5.41, 5.74) is 1.66. The lowest BCUT2D eigenvalue weighted by atomic mass is 10.0. The Labute approximate surface area is 106 Å². The molecule has 0 fully saturated rings. The third-order valence-corrected chi connectivity index (χ3v) is 2.89. The molecule has 1 aromatic heterocycles. The van der Waals surface area contributed by atoms with Gasteiger partial charge in [-0.25, -0.2) is 4.79 Å². The molecule has 0 aliphatic heterocycles. The number of fused-ring (bicyclic) bond motifs is 1. The molecule has 4 nitrogen and oxygen atoms in total. The quantitative estimate of drug-likeness (QED) is 0.868. The van der Waals surface area contributed by atoms with Gasteiger partial charge >= 0.3 is 5.97 Å². The molecule has 0 saturated carbocycles. The highest BCUT2D eigenvalue weighted by atomic mass is 16.4. The lowest BCUT2D eigenvalue weighted by Gasteiger charge is -2.20. The molecule has 0 radical (unpaired) electrons. The van der Waals surface area contributed by atoms with Gasteiger partial charge in [0.15, 0.2) is 0 Å². The Morgan fingerprint density at radius 3 is 2.67 bits per heavy atom. The number of aliphatic carboxylic acids is 1. The Kier molecular flexibility index (Phi) is 3.46. The van der Waals surface area contributed by atoms with Crippen LogP contribution < -0.4 is 5.32 Å². The Hall–Kier alpha value is -2.10. The topological polar surface area (TPSA) is 62.2 Å². The second-order valence-electron chi connectivity index (χ2n) is 4.58. The number of carboxylic acids is 1. The van der Waals surface area contributed by atoms with Crippen molar-refractivity contribution in [3.8, 4) is 0 Å². The molecule has 1 heterocycles. The molecule has 18 heavy (non-hydrogen) atoms. The summed E-state index contributed by atoms with van der Waals surface area (Å²) in [6, 6.07) is 8.88. The monoisotopic (exact) mass is 244 g/mol. The Morgan fingerprint density at radius 2 is 2.00 bits per heavy atom. The van der Waals surface area contributed by atoms with E-state index in [4.69, 9.17) is 0 Å². The van der Waals surface area contributed by atoms with Gasteiger partial charge in [0.2, 0.25) is 0 Å². The summed E-state index contributed by atoms with van der Waals surface area (Å²) in [4.78, 5) is 15.5. The van der Waals surface area contributed by atoms with Gasteiger partial charge in [0.05, 0.1) is 5.52 Å². The van der Waals surface area contributed by atoms with Crippen molar-refractivity contribution in [2.24, 2.45) is 5.92 Å². The second kappa shape index (κ2) is 5.04. The highest BCUT2D eigenvalue weighted by Crippen LogP contribution is 2.23. The van der Waals surface area contributed by atoms with Crippen LogP contribution in [0.1, 0.15) is 13.8 Å². The molecular weight excluding hydrogens is 228 g/mol. The first-order valence-corrected chi connectivity index (χ1v) is 5.92. The number of benzene rings is 1. The van der Waals surface area contributed by atoms with Gasteiger partial charge < -0.3 is 10.4 Å². The number of nitrogens with zero attached hydrogens (tertiary/aromatic N) is 1. The maximum atomic E-state index is 11.2. The maximum absolute atomic E-state index is 11.2. The summed E-state index contributed by atoms with van der Waals surface area (Å²) in [6.07, 6.45) is 1.68. The van der Waals surface area contributed by atoms with Crippen LogP contribution in [0.4, 0.5) is 5.69 Å². The van der Waals surface area contributed by atoms with Crippen LogP contribution >= 0.6 is 0 Å². The molecule has 0 unspecified atom stereocenters. The van der Waals surface area contributed by atoms with Crippen molar-refractivity contribution in [3.05, 3.63) is 36.5 Å². The van der Waals surface area contributed by atoms with Crippen LogP contribution in [-0.4, -0.2) is 22.1 Å². The molecule has 1 atom stereocenters. The zero-order valence-corrected chi connectivity index (χ0v) is 10.4. The van der Waals surface area contributed by atoms with Crippen molar-refractivity contribution >= 4 is 22.6 Å². The number of nitrogens with one attached hydrogen (secondary N) is 1. The molecule has 94 valence electrons. The molecule has 0 aliphatic carbocycles. The fourth-order valence-electron chi connectivity index (χ4n) is 1.90. The Balaban J connectivity index is 2.39. The van der Waals surface area contributed by atoms with Gasteiger partial charge in [0.25, 0.3) is 0 Å². The van der Waals surface area contributed by atoms with Crippen molar-refractivity contribution in [3.63, 3.8) is 0 Å². The van der Waals surface area contributed by atoms with Crippen LogP contribution in [0.3, 0.4) is 0 Å². The van der Waals surface area contributed by atoms with E-state index in [2.05, 4.69) is 10.3 Å². The molecule has 1 aromatic carbocycles. The lowest BCUT2D eigenvalue weighted by molar-refractivity contribution is -0.138. The fraction of sp³-hybridized carbons (Fsp3) is 0.286. The van der Waals surface area contributed by atoms with E-state index in [0.29, 0.717) is 0 Å². The number of pyridine rings is 1. The van der Waals surface area contributed by atoms with E-state index < -0.39 is 12.0 Å². The van der Waals surface area contributed by atoms with Crippen molar-refractivity contribution in [2.45, 2.75) is 19.9 Å². The average molecular weight is 244 g/mol. The van der Waals surface area contributed by atoms with Crippen LogP contribution in [0.5, 0.6) is 0 Å². The number of para-hydroxylation sites is 1. The van der Waals surface area contributed by atoms with Crippen molar-refractivity contribution in [1.82, 2.24) is 4.98 Å². The summed E-state index contributed by atoms with van der Waals surface area (Å²) in [6.45, 7) is 3.77. The number of rotatable bonds is 4. The van der Waals surface area contributed by atoms with Gasteiger partial charge in [0.1, 0.15) is 6.04 Å². The normalized spacial score (nSPS) is 12.6. The molecule has 2 N–H and O–H groups in total. The van der Waals surface area contributed by atoms with Crippen LogP contribution in [0.2, 0.25) is 0 Å². The Bertz CT molecular complexity index is 561. The fourth-order valence-corrected chi connectivity index (χ4v) is 1.90. The molecule has 0 saturated heterocycles. The van der Waals surface area contributed by atoms with Gasteiger partial charge in [-0.15, -0.1) is 0 Å². The summed E-state index contributed by atoms with van der Waals surface area (Å²) in [7, 11) is 0. The zero-order chi connectivity index (χ0) is 13.1. The maximum Gasteiger partial charge on any atom is 0.326 e. The van der Waals surface area contributed by atoms with Gasteiger partial charge in [0, 0.05) is 17.3 Å². The molecule has 0 aliphatic rings. The van der Waals surface area contributed by atoms with E-state index in [9.17, 15) is 9.90 Å². The van der Waals surface area contributed by atoms with Crippen molar-refractivity contribution in [2.75, 3.05) is 5.32 Å². The van der Waals surface area contributed by atoms with Crippen LogP contribution in [0, 0.1) is 5.92 Å². The zero-order valence-electron chi connectivity index (χ0n) is 10.4. The number of carbonyl (C=O) groups is 1. The lowest BCUT2D eigenvalue weighted by Crippen LogP contribution is -2.34. The Morgan fingerprint density at radius 1 is 1.28 bits per heavy atom. The summed E-state index contributed by atoms with van der Waals surface area (Å²) < 4.78 is 0. The van der Waals surface area contributed by atoms with Gasteiger partial charge in [-0.3, -0.25) is 4.98 Å². The van der Waals surface area contributed by atoms with Crippen molar-refractivity contribution < 1.29 is 9.90 Å². The van der Waals surface area contributed by atoms with E-state index in [1.54, 1.807) is 12.3 Å². The molecule has 0 amide bonds. The van der Waals surface area contributed by atoms with Crippen molar-refractivity contribution in [1.29, 1.82) is 0 Å². The summed E-state index contributed by atoms with van der Waals surface area (Å²) in [5.74, 6) is -0.833. The molecule has 2 aromatic rings. The van der Waals surface area contributed by atoms with Crippen LogP contribution in [0.25, 0.3) is 10.9 Å². The minimum atomic E-state index is -0.842. The van der Waals surface area contributed by atoms with E-state index in [0.717, 1.165) is 16.6 Å². The first kappa shape index (κ1) is 12.4. The number of hydrogen-bond donors (Lipinski definition) is 2. The number of anilines is 1. The van der Waals surface area contributed by atoms with Crippen LogP contribution in [-0.2, 0) is 4.79 Å². The number of carboxylic acid groups (broad SMARTS) is 1. The highest BCUT2D eigenvalue weighted by molar-refractivity contribution is 5.92. The largest absolute Gasteiger partial charge is 0.480 e. The van der Waals surface area contributed by atoms with E-state index >= 15 is 0 Å². The van der Waals surface area contributed by atoms with E-state index in [-0.39, 0.29) is 5.92 Å². The van der Waals surface area contributed by atoms with E-state index in [1.807, 2.05) is 38.1 Å². The molecule has 0 bridgehead atoms. The summed E-state index contributed by atoms with van der Waals surface area (Å²) in [5, 5.41) is 13.2. The molecule has 2 rings (SSSR count). The minimum Gasteiger partial charge on any atom is -0.480 e. The van der Waals surface area contributed by atoms with E-state index in [1.165, 1.54) is 0 Å². The number of hydrogen-bond acceptors (Lipinski definition) is 3. The minimum absolute atomic E-state index is 0.00873. The van der Waals surface area contributed by atoms with Crippen LogP contribution in [0.15, 0.2) is 36.5 Å². The highest BCUT2D eigenvalue weighted by Gasteiger charge is 2.21. The standard InChI is InChI=1S/C14H16N2O2/c1-9(2)13(14(17)18)16-12-7-8-15-11-6-4-3-5-10(11)12/h3-9,13H,1-2H3,(H,15,16)(H,17,18)/t13-/m0/s1. The third-order valence-electron chi connectivity index (χ3n) is 2.89. The molecule has 4 heteroatoms. The number of aromatic nitrogens is 1. The third kappa shape index (κ3) is 2.42. The molecule has 0 spiro atoms. The molecular formula is C14H16N2O2.